The number of aliphatic hydroxyl groups is 2. The predicted octanol–water partition coefficient (Wildman–Crippen LogP) is 5.33. The SMILES string of the molecule is CC(C)c1ccc(CC(=O)c2cccc(N3CCc4c(cnc5cc(CO)c(CO)cc45)C3)c2)cc1. The summed E-state index contributed by atoms with van der Waals surface area (Å²) in [7, 11) is 0. The molecule has 36 heavy (non-hydrogen) atoms. The van der Waals surface area contributed by atoms with E-state index in [0.29, 0.717) is 24.4 Å². The molecular formula is C31H32N2O3. The molecule has 2 N–H and O–H groups in total. The van der Waals surface area contributed by atoms with E-state index < -0.39 is 0 Å². The number of benzene rings is 3. The van der Waals surface area contributed by atoms with Crippen molar-refractivity contribution in [1.82, 2.24) is 4.98 Å². The number of hydrogen-bond donors (Lipinski definition) is 2. The van der Waals surface area contributed by atoms with Gasteiger partial charge in [0.05, 0.1) is 18.7 Å². The van der Waals surface area contributed by atoms with Crippen molar-refractivity contribution < 1.29 is 15.0 Å². The van der Waals surface area contributed by atoms with Crippen molar-refractivity contribution in [2.75, 3.05) is 11.4 Å². The van der Waals surface area contributed by atoms with Crippen LogP contribution in [0.3, 0.4) is 0 Å². The largest absolute Gasteiger partial charge is 0.392 e. The van der Waals surface area contributed by atoms with Crippen LogP contribution >= 0.6 is 0 Å². The molecule has 1 aliphatic rings. The molecule has 4 aromatic rings. The zero-order valence-electron chi connectivity index (χ0n) is 20.9. The topological polar surface area (TPSA) is 73.7 Å². The molecule has 1 aliphatic heterocycles. The number of carbonyl (C=O) groups is 1. The number of fused-ring (bicyclic) bond motifs is 3. The molecule has 1 aromatic heterocycles. The maximum Gasteiger partial charge on any atom is 0.167 e. The van der Waals surface area contributed by atoms with E-state index in [1.54, 1.807) is 0 Å². The first-order valence-corrected chi connectivity index (χ1v) is 12.6. The Bertz CT molecular complexity index is 1410. The summed E-state index contributed by atoms with van der Waals surface area (Å²) >= 11 is 0. The smallest absolute Gasteiger partial charge is 0.167 e. The van der Waals surface area contributed by atoms with Gasteiger partial charge in [0.1, 0.15) is 0 Å². The monoisotopic (exact) mass is 480 g/mol. The lowest BCUT2D eigenvalue weighted by molar-refractivity contribution is 0.0993. The van der Waals surface area contributed by atoms with Gasteiger partial charge in [0.2, 0.25) is 0 Å². The summed E-state index contributed by atoms with van der Waals surface area (Å²) in [5.74, 6) is 0.597. The Hall–Kier alpha value is -3.54. The maximum absolute atomic E-state index is 13.1. The average Bonchev–Trinajstić information content (AvgIpc) is 2.92. The van der Waals surface area contributed by atoms with Gasteiger partial charge in [-0.3, -0.25) is 9.78 Å². The molecule has 5 nitrogen and oxygen atoms in total. The lowest BCUT2D eigenvalue weighted by Crippen LogP contribution is -2.30. The lowest BCUT2D eigenvalue weighted by Gasteiger charge is -2.31. The summed E-state index contributed by atoms with van der Waals surface area (Å²) in [5.41, 5.74) is 8.77. The van der Waals surface area contributed by atoms with Gasteiger partial charge in [-0.05, 0) is 70.0 Å². The third-order valence-electron chi connectivity index (χ3n) is 7.27. The standard InChI is InChI=1S/C31H32N2O3/c1-20(2)22-8-6-21(7-9-22)12-31(36)23-4-3-5-27(13-23)33-11-10-28-26(17-33)16-32-30-15-25(19-35)24(18-34)14-29(28)30/h3-9,13-16,20,34-35H,10-12,17-19H2,1-2H3. The molecule has 0 amide bonds. The third kappa shape index (κ3) is 4.77. The van der Waals surface area contributed by atoms with Gasteiger partial charge in [-0.15, -0.1) is 0 Å². The lowest BCUT2D eigenvalue weighted by atomic mass is 9.93. The van der Waals surface area contributed by atoms with Crippen molar-refractivity contribution in [2.24, 2.45) is 0 Å². The summed E-state index contributed by atoms with van der Waals surface area (Å²) in [4.78, 5) is 20.0. The van der Waals surface area contributed by atoms with Crippen LogP contribution in [0.4, 0.5) is 5.69 Å². The molecule has 0 saturated carbocycles. The second-order valence-corrected chi connectivity index (χ2v) is 9.93. The normalized spacial score (nSPS) is 13.3. The summed E-state index contributed by atoms with van der Waals surface area (Å²) in [6, 6.07) is 20.1. The van der Waals surface area contributed by atoms with Crippen LogP contribution in [-0.4, -0.2) is 27.5 Å². The van der Waals surface area contributed by atoms with Gasteiger partial charge in [-0.1, -0.05) is 50.2 Å². The Labute approximate surface area is 212 Å². The minimum atomic E-state index is -0.114. The second kappa shape index (κ2) is 10.2. The molecule has 5 rings (SSSR count). The van der Waals surface area contributed by atoms with Crippen molar-refractivity contribution in [3.8, 4) is 0 Å². The van der Waals surface area contributed by atoms with Gasteiger partial charge in [0, 0.05) is 42.3 Å². The van der Waals surface area contributed by atoms with E-state index in [2.05, 4.69) is 54.1 Å². The molecule has 184 valence electrons. The van der Waals surface area contributed by atoms with Crippen LogP contribution in [-0.2, 0) is 32.6 Å². The van der Waals surface area contributed by atoms with Crippen LogP contribution in [0.25, 0.3) is 10.9 Å². The molecule has 0 bridgehead atoms. The highest BCUT2D eigenvalue weighted by atomic mass is 16.3. The molecule has 0 fully saturated rings. The fourth-order valence-electron chi connectivity index (χ4n) is 5.08. The number of ketones is 1. The van der Waals surface area contributed by atoms with E-state index >= 15 is 0 Å². The first-order chi connectivity index (χ1) is 17.5. The number of carbonyl (C=O) groups excluding carboxylic acids is 1. The number of rotatable bonds is 7. The van der Waals surface area contributed by atoms with E-state index in [1.165, 1.54) is 11.1 Å². The van der Waals surface area contributed by atoms with Gasteiger partial charge in [-0.25, -0.2) is 0 Å². The summed E-state index contributed by atoms with van der Waals surface area (Å²) in [5, 5.41) is 20.4. The minimum absolute atomic E-state index is 0.107. The number of aromatic nitrogens is 1. The van der Waals surface area contributed by atoms with Crippen LogP contribution < -0.4 is 4.90 Å². The molecule has 0 unspecified atom stereocenters. The summed E-state index contributed by atoms with van der Waals surface area (Å²) < 4.78 is 0. The number of anilines is 1. The molecule has 5 heteroatoms. The van der Waals surface area contributed by atoms with Crippen LogP contribution in [0, 0.1) is 0 Å². The predicted molar refractivity (Wildman–Crippen MR) is 143 cm³/mol. The molecule has 0 radical (unpaired) electrons. The first kappa shape index (κ1) is 24.2. The Morgan fingerprint density at radius 2 is 1.75 bits per heavy atom. The summed E-state index contributed by atoms with van der Waals surface area (Å²) in [6.07, 6.45) is 3.15. The quantitative estimate of drug-likeness (QED) is 0.350. The van der Waals surface area contributed by atoms with E-state index in [0.717, 1.165) is 51.8 Å². The van der Waals surface area contributed by atoms with Gasteiger partial charge in [0.25, 0.3) is 0 Å². The van der Waals surface area contributed by atoms with Crippen molar-refractivity contribution >= 4 is 22.4 Å². The molecular weight excluding hydrogens is 448 g/mol. The Balaban J connectivity index is 1.36. The van der Waals surface area contributed by atoms with Gasteiger partial charge < -0.3 is 15.1 Å². The zero-order chi connectivity index (χ0) is 25.2. The first-order valence-electron chi connectivity index (χ1n) is 12.6. The number of aliphatic hydroxyl groups excluding tert-OH is 2. The minimum Gasteiger partial charge on any atom is -0.392 e. The Morgan fingerprint density at radius 3 is 2.47 bits per heavy atom. The third-order valence-corrected chi connectivity index (χ3v) is 7.27. The number of nitrogens with zero attached hydrogens (tertiary/aromatic N) is 2. The van der Waals surface area contributed by atoms with Crippen LogP contribution in [0.5, 0.6) is 0 Å². The molecule has 0 atom stereocenters. The van der Waals surface area contributed by atoms with E-state index in [4.69, 9.17) is 0 Å². The van der Waals surface area contributed by atoms with Gasteiger partial charge in [0.15, 0.2) is 5.78 Å². The highest BCUT2D eigenvalue weighted by Crippen LogP contribution is 2.31. The molecule has 2 heterocycles. The highest BCUT2D eigenvalue weighted by molar-refractivity contribution is 5.98. The van der Waals surface area contributed by atoms with Crippen LogP contribution in [0.2, 0.25) is 0 Å². The number of pyridine rings is 1. The van der Waals surface area contributed by atoms with Crippen LogP contribution in [0.15, 0.2) is 66.9 Å². The molecule has 0 spiro atoms. The van der Waals surface area contributed by atoms with Gasteiger partial charge >= 0.3 is 0 Å². The van der Waals surface area contributed by atoms with E-state index in [9.17, 15) is 15.0 Å². The average molecular weight is 481 g/mol. The number of hydrogen-bond acceptors (Lipinski definition) is 5. The summed E-state index contributed by atoms with van der Waals surface area (Å²) in [6.45, 7) is 5.66. The number of Topliss-reactive ketones (excluding diaryl/α,β-unsaturated/α-hetero) is 1. The fourth-order valence-corrected chi connectivity index (χ4v) is 5.08. The van der Waals surface area contributed by atoms with Crippen molar-refractivity contribution in [3.63, 3.8) is 0 Å². The molecule has 0 aliphatic carbocycles. The van der Waals surface area contributed by atoms with Crippen molar-refractivity contribution in [2.45, 2.75) is 52.4 Å². The Kier molecular flexibility index (Phi) is 6.86. The van der Waals surface area contributed by atoms with Crippen molar-refractivity contribution in [3.05, 3.63) is 106 Å². The zero-order valence-corrected chi connectivity index (χ0v) is 20.9. The van der Waals surface area contributed by atoms with Crippen molar-refractivity contribution in [1.29, 1.82) is 0 Å². The molecule has 0 saturated heterocycles. The maximum atomic E-state index is 13.1. The second-order valence-electron chi connectivity index (χ2n) is 9.93. The molecule has 3 aromatic carbocycles. The van der Waals surface area contributed by atoms with E-state index in [-0.39, 0.29) is 19.0 Å². The highest BCUT2D eigenvalue weighted by Gasteiger charge is 2.21. The van der Waals surface area contributed by atoms with Gasteiger partial charge in [-0.2, -0.15) is 0 Å². The Morgan fingerprint density at radius 1 is 1.00 bits per heavy atom. The van der Waals surface area contributed by atoms with E-state index in [1.807, 2.05) is 36.5 Å². The fraction of sp³-hybridized carbons (Fsp3) is 0.290. The van der Waals surface area contributed by atoms with Crippen LogP contribution in [0.1, 0.15) is 63.5 Å².